The number of benzene rings is 1. The second-order valence-electron chi connectivity index (χ2n) is 5.55. The zero-order valence-corrected chi connectivity index (χ0v) is 15.9. The molecule has 0 radical (unpaired) electrons. The lowest BCUT2D eigenvalue weighted by molar-refractivity contribution is -0.120. The van der Waals surface area contributed by atoms with E-state index in [-0.39, 0.29) is 12.3 Å². The lowest BCUT2D eigenvalue weighted by Gasteiger charge is -2.07. The smallest absolute Gasteiger partial charge is 0.226 e. The molecule has 0 atom stereocenters. The summed E-state index contributed by atoms with van der Waals surface area (Å²) in [5.41, 5.74) is 2.97. The number of hydrogen-bond acceptors (Lipinski definition) is 5. The molecule has 1 amide bonds. The van der Waals surface area contributed by atoms with Crippen LogP contribution in [0.5, 0.6) is 5.75 Å². The SMILES string of the molecule is CCOc1ccccc1-c1nc(CC(=O)NCc2sccc2C)cs1. The fourth-order valence-corrected chi connectivity index (χ4v) is 4.12. The van der Waals surface area contributed by atoms with E-state index in [1.807, 2.05) is 41.9 Å². The summed E-state index contributed by atoms with van der Waals surface area (Å²) in [6.07, 6.45) is 0.289. The van der Waals surface area contributed by atoms with Gasteiger partial charge in [0, 0.05) is 10.3 Å². The standard InChI is InChI=1S/C19H20N2O2S2/c1-3-23-16-7-5-4-6-15(16)19-21-14(12-25-19)10-18(22)20-11-17-13(2)8-9-24-17/h4-9,12H,3,10-11H2,1-2H3,(H,20,22). The Labute approximate surface area is 155 Å². The van der Waals surface area contributed by atoms with Crippen LogP contribution in [0.3, 0.4) is 0 Å². The number of aromatic nitrogens is 1. The maximum absolute atomic E-state index is 12.2. The zero-order chi connectivity index (χ0) is 17.6. The third kappa shape index (κ3) is 4.46. The number of nitrogens with zero attached hydrogens (tertiary/aromatic N) is 1. The number of ether oxygens (including phenoxy) is 1. The number of para-hydroxylation sites is 1. The fraction of sp³-hybridized carbons (Fsp3) is 0.263. The van der Waals surface area contributed by atoms with Crippen molar-refractivity contribution in [3.63, 3.8) is 0 Å². The van der Waals surface area contributed by atoms with Crippen molar-refractivity contribution in [1.29, 1.82) is 0 Å². The van der Waals surface area contributed by atoms with Gasteiger partial charge >= 0.3 is 0 Å². The van der Waals surface area contributed by atoms with Crippen molar-refractivity contribution in [1.82, 2.24) is 10.3 Å². The van der Waals surface area contributed by atoms with Gasteiger partial charge in [0.2, 0.25) is 5.91 Å². The molecule has 3 rings (SSSR count). The van der Waals surface area contributed by atoms with Gasteiger partial charge in [0.15, 0.2) is 0 Å². The van der Waals surface area contributed by atoms with Crippen LogP contribution in [0.15, 0.2) is 41.1 Å². The van der Waals surface area contributed by atoms with E-state index in [0.717, 1.165) is 22.0 Å². The van der Waals surface area contributed by atoms with E-state index in [9.17, 15) is 4.79 Å². The Bertz CT molecular complexity index is 854. The second-order valence-corrected chi connectivity index (χ2v) is 7.41. The summed E-state index contributed by atoms with van der Waals surface area (Å²) in [5.74, 6) is 0.811. The van der Waals surface area contributed by atoms with Crippen LogP contribution in [-0.4, -0.2) is 17.5 Å². The number of thiazole rings is 1. The minimum Gasteiger partial charge on any atom is -0.493 e. The minimum atomic E-state index is -0.0113. The fourth-order valence-electron chi connectivity index (χ4n) is 2.43. The Balaban J connectivity index is 1.64. The number of hydrogen-bond donors (Lipinski definition) is 1. The number of aryl methyl sites for hydroxylation is 1. The highest BCUT2D eigenvalue weighted by Crippen LogP contribution is 2.32. The maximum Gasteiger partial charge on any atom is 0.226 e. The average molecular weight is 373 g/mol. The van der Waals surface area contributed by atoms with Gasteiger partial charge in [-0.15, -0.1) is 22.7 Å². The van der Waals surface area contributed by atoms with Crippen molar-refractivity contribution in [2.75, 3.05) is 6.61 Å². The van der Waals surface area contributed by atoms with E-state index < -0.39 is 0 Å². The van der Waals surface area contributed by atoms with Gasteiger partial charge in [-0.05, 0) is 43.0 Å². The molecule has 0 aliphatic carbocycles. The summed E-state index contributed by atoms with van der Waals surface area (Å²) < 4.78 is 5.66. The first-order valence-corrected chi connectivity index (χ1v) is 9.89. The molecule has 0 spiro atoms. The van der Waals surface area contributed by atoms with Crippen LogP contribution in [0.25, 0.3) is 10.6 Å². The molecule has 0 bridgehead atoms. The van der Waals surface area contributed by atoms with Gasteiger partial charge in [-0.25, -0.2) is 4.98 Å². The molecular weight excluding hydrogens is 352 g/mol. The highest BCUT2D eigenvalue weighted by Gasteiger charge is 2.12. The lowest BCUT2D eigenvalue weighted by Crippen LogP contribution is -2.24. The van der Waals surface area contributed by atoms with Crippen LogP contribution >= 0.6 is 22.7 Å². The summed E-state index contributed by atoms with van der Waals surface area (Å²) in [7, 11) is 0. The molecule has 130 valence electrons. The number of amides is 1. The van der Waals surface area contributed by atoms with E-state index in [1.165, 1.54) is 21.8 Å². The number of nitrogens with one attached hydrogen (secondary N) is 1. The van der Waals surface area contributed by atoms with E-state index in [1.54, 1.807) is 11.3 Å². The van der Waals surface area contributed by atoms with Crippen molar-refractivity contribution in [3.05, 3.63) is 57.2 Å². The lowest BCUT2D eigenvalue weighted by atomic mass is 10.2. The van der Waals surface area contributed by atoms with Crippen LogP contribution in [0.1, 0.15) is 23.1 Å². The number of carbonyl (C=O) groups is 1. The van der Waals surface area contributed by atoms with E-state index >= 15 is 0 Å². The van der Waals surface area contributed by atoms with Gasteiger partial charge in [0.25, 0.3) is 0 Å². The third-order valence-corrected chi connectivity index (χ3v) is 5.67. The predicted octanol–water partition coefficient (Wildman–Crippen LogP) is 4.44. The highest BCUT2D eigenvalue weighted by atomic mass is 32.1. The van der Waals surface area contributed by atoms with Crippen molar-refractivity contribution in [2.45, 2.75) is 26.8 Å². The number of carbonyl (C=O) groups excluding carboxylic acids is 1. The van der Waals surface area contributed by atoms with E-state index in [0.29, 0.717) is 13.2 Å². The molecule has 1 aromatic carbocycles. The molecule has 3 aromatic rings. The Morgan fingerprint density at radius 1 is 1.24 bits per heavy atom. The number of rotatable bonds is 7. The van der Waals surface area contributed by atoms with E-state index in [4.69, 9.17) is 4.74 Å². The Morgan fingerprint density at radius 2 is 2.08 bits per heavy atom. The molecule has 4 nitrogen and oxygen atoms in total. The average Bonchev–Trinajstić information content (AvgIpc) is 3.23. The second kappa shape index (κ2) is 8.27. The molecule has 0 aliphatic rings. The Kier molecular flexibility index (Phi) is 5.83. The topological polar surface area (TPSA) is 51.2 Å². The van der Waals surface area contributed by atoms with Crippen molar-refractivity contribution in [2.24, 2.45) is 0 Å². The Morgan fingerprint density at radius 3 is 2.84 bits per heavy atom. The summed E-state index contributed by atoms with van der Waals surface area (Å²) in [5, 5.41) is 7.82. The van der Waals surface area contributed by atoms with Gasteiger partial charge < -0.3 is 10.1 Å². The molecule has 1 N–H and O–H groups in total. The minimum absolute atomic E-state index is 0.0113. The van der Waals surface area contributed by atoms with Gasteiger partial charge in [0.1, 0.15) is 10.8 Å². The molecule has 0 fully saturated rings. The van der Waals surface area contributed by atoms with Gasteiger partial charge in [-0.3, -0.25) is 4.79 Å². The molecule has 2 heterocycles. The largest absolute Gasteiger partial charge is 0.493 e. The summed E-state index contributed by atoms with van der Waals surface area (Å²) in [4.78, 5) is 18.0. The van der Waals surface area contributed by atoms with Crippen LogP contribution in [0.2, 0.25) is 0 Å². The highest BCUT2D eigenvalue weighted by molar-refractivity contribution is 7.13. The van der Waals surface area contributed by atoms with Crippen molar-refractivity contribution < 1.29 is 9.53 Å². The van der Waals surface area contributed by atoms with Gasteiger partial charge in [-0.1, -0.05) is 12.1 Å². The van der Waals surface area contributed by atoms with Crippen LogP contribution in [-0.2, 0) is 17.8 Å². The molecule has 0 aliphatic heterocycles. The molecule has 25 heavy (non-hydrogen) atoms. The summed E-state index contributed by atoms with van der Waals surface area (Å²) in [6.45, 7) is 5.20. The quantitative estimate of drug-likeness (QED) is 0.667. The van der Waals surface area contributed by atoms with Crippen LogP contribution in [0, 0.1) is 6.92 Å². The predicted molar refractivity (Wildman–Crippen MR) is 103 cm³/mol. The van der Waals surface area contributed by atoms with Crippen molar-refractivity contribution >= 4 is 28.6 Å². The number of thiophene rings is 1. The molecule has 6 heteroatoms. The Hall–Kier alpha value is -2.18. The first-order valence-electron chi connectivity index (χ1n) is 8.13. The molecule has 2 aromatic heterocycles. The van der Waals surface area contributed by atoms with E-state index in [2.05, 4.69) is 23.3 Å². The monoisotopic (exact) mass is 372 g/mol. The first-order chi connectivity index (χ1) is 12.2. The summed E-state index contributed by atoms with van der Waals surface area (Å²) in [6, 6.07) is 9.91. The van der Waals surface area contributed by atoms with Crippen LogP contribution in [0.4, 0.5) is 0 Å². The van der Waals surface area contributed by atoms with Crippen molar-refractivity contribution in [3.8, 4) is 16.3 Å². The zero-order valence-electron chi connectivity index (χ0n) is 14.2. The third-order valence-electron chi connectivity index (χ3n) is 3.73. The normalized spacial score (nSPS) is 10.6. The molecule has 0 saturated carbocycles. The molecule has 0 unspecified atom stereocenters. The maximum atomic E-state index is 12.2. The van der Waals surface area contributed by atoms with Crippen LogP contribution < -0.4 is 10.1 Å². The first kappa shape index (κ1) is 17.6. The van der Waals surface area contributed by atoms with Gasteiger partial charge in [0.05, 0.1) is 30.8 Å². The summed E-state index contributed by atoms with van der Waals surface area (Å²) >= 11 is 3.20. The molecular formula is C19H20N2O2S2. The molecule has 0 saturated heterocycles. The van der Waals surface area contributed by atoms with Gasteiger partial charge in [-0.2, -0.15) is 0 Å².